The first-order valence-corrected chi connectivity index (χ1v) is 26.8. The minimum absolute atomic E-state index is 0.0172. The first-order valence-electron chi connectivity index (χ1n) is 23.0. The molecule has 23 heteroatoms. The van der Waals surface area contributed by atoms with Gasteiger partial charge in [0.15, 0.2) is 0 Å². The number of carbonyl (C=O) groups is 2. The third kappa shape index (κ3) is 17.1. The van der Waals surface area contributed by atoms with Crippen molar-refractivity contribution in [3.8, 4) is 5.75 Å². The third-order valence-electron chi connectivity index (χ3n) is 11.7. The molecule has 0 aliphatic carbocycles. The van der Waals surface area contributed by atoms with E-state index in [2.05, 4.69) is 15.4 Å². The number of para-hydroxylation sites is 1. The molecule has 0 spiro atoms. The summed E-state index contributed by atoms with van der Waals surface area (Å²) in [4.78, 5) is 43.6. The lowest BCUT2D eigenvalue weighted by atomic mass is 9.83. The number of alkyl halides is 6. The van der Waals surface area contributed by atoms with Crippen molar-refractivity contribution in [1.29, 1.82) is 0 Å². The summed E-state index contributed by atoms with van der Waals surface area (Å²) in [6, 6.07) is 18.1. The molecular formula is C49H61F6N4O10PS2. The maximum absolute atomic E-state index is 14.1. The molecule has 1 amide bonds. The van der Waals surface area contributed by atoms with E-state index in [1.165, 1.54) is 62.5 Å². The summed E-state index contributed by atoms with van der Waals surface area (Å²) in [5.74, 6) is 0.455. The summed E-state index contributed by atoms with van der Waals surface area (Å²) in [5.41, 5.74) is -3.04. The van der Waals surface area contributed by atoms with Gasteiger partial charge in [0.05, 0.1) is 42.0 Å². The zero-order valence-corrected chi connectivity index (χ0v) is 43.1. The summed E-state index contributed by atoms with van der Waals surface area (Å²) in [6.45, 7) is 8.70. The second-order valence-corrected chi connectivity index (χ2v) is 22.9. The lowest BCUT2D eigenvalue weighted by Crippen LogP contribution is -2.43. The number of aliphatic hydroxyl groups is 2. The second-order valence-electron chi connectivity index (χ2n) is 18.8. The van der Waals surface area contributed by atoms with E-state index in [9.17, 15) is 55.5 Å². The van der Waals surface area contributed by atoms with Crippen LogP contribution in [0.1, 0.15) is 95.7 Å². The topological polar surface area (TPSA) is 188 Å². The summed E-state index contributed by atoms with van der Waals surface area (Å²) >= 11 is 3.12. The molecule has 0 bridgehead atoms. The highest BCUT2D eigenvalue weighted by Gasteiger charge is 2.55. The molecule has 4 N–H and O–H groups in total. The van der Waals surface area contributed by atoms with Gasteiger partial charge in [-0.15, -0.1) is 0 Å². The van der Waals surface area contributed by atoms with Crippen LogP contribution < -0.4 is 20.6 Å². The number of aromatic nitrogens is 2. The van der Waals surface area contributed by atoms with E-state index in [-0.39, 0.29) is 23.2 Å². The van der Waals surface area contributed by atoms with Gasteiger partial charge in [-0.05, 0) is 105 Å². The Balaban J connectivity index is 1.20. The van der Waals surface area contributed by atoms with Crippen LogP contribution in [0.15, 0.2) is 95.9 Å². The summed E-state index contributed by atoms with van der Waals surface area (Å²) < 4.78 is 117. The number of halogens is 6. The minimum atomic E-state index is -4.46. The van der Waals surface area contributed by atoms with Crippen molar-refractivity contribution in [3.05, 3.63) is 124 Å². The van der Waals surface area contributed by atoms with E-state index in [4.69, 9.17) is 18.5 Å². The fourth-order valence-corrected chi connectivity index (χ4v) is 11.5. The highest BCUT2D eigenvalue weighted by molar-refractivity contribution is 7.99. The highest BCUT2D eigenvalue weighted by atomic mass is 32.2. The number of aliphatic hydroxyl groups excluding tert-OH is 2. The molecule has 5 rings (SSSR count). The Hall–Kier alpha value is -4.41. The maximum Gasteiger partial charge on any atom is 0.459 e. The Kier molecular flexibility index (Phi) is 20.5. The van der Waals surface area contributed by atoms with E-state index >= 15 is 0 Å². The molecule has 0 radical (unpaired) electrons. The van der Waals surface area contributed by atoms with Crippen molar-refractivity contribution in [1.82, 2.24) is 14.6 Å². The van der Waals surface area contributed by atoms with Crippen molar-refractivity contribution in [2.24, 2.45) is 10.8 Å². The van der Waals surface area contributed by atoms with Crippen molar-refractivity contribution < 1.29 is 69.2 Å². The van der Waals surface area contributed by atoms with Crippen LogP contribution in [0.25, 0.3) is 0 Å². The Morgan fingerprint density at radius 1 is 0.903 bits per heavy atom. The summed E-state index contributed by atoms with van der Waals surface area (Å²) in [5, 5.41) is 27.2. The zero-order valence-electron chi connectivity index (χ0n) is 40.6. The number of thioether (sulfide) groups is 2. The van der Waals surface area contributed by atoms with Gasteiger partial charge in [-0.25, -0.2) is 9.36 Å². The number of amides is 1. The Bertz CT molecular complexity index is 2510. The zero-order chi connectivity index (χ0) is 53.1. The normalized spacial score (nSPS) is 20.2. The number of nitrogens with zero attached hydrogens (tertiary/aromatic N) is 2. The second kappa shape index (κ2) is 25.2. The number of ether oxygens (including phenoxy) is 2. The third-order valence-corrected chi connectivity index (χ3v) is 15.9. The van der Waals surface area contributed by atoms with Crippen LogP contribution in [0.2, 0.25) is 0 Å². The predicted molar refractivity (Wildman–Crippen MR) is 263 cm³/mol. The summed E-state index contributed by atoms with van der Waals surface area (Å²) in [6.07, 6.45) is -10.3. The lowest BCUT2D eigenvalue weighted by molar-refractivity contribution is -0.149. The van der Waals surface area contributed by atoms with Crippen molar-refractivity contribution >= 4 is 49.0 Å². The largest absolute Gasteiger partial charge is 0.462 e. The average molecular weight is 1080 g/mol. The van der Waals surface area contributed by atoms with Crippen LogP contribution in [0.3, 0.4) is 0 Å². The van der Waals surface area contributed by atoms with Crippen LogP contribution in [0, 0.1) is 10.8 Å². The number of esters is 1. The van der Waals surface area contributed by atoms with E-state index < -0.39 is 103 Å². The van der Waals surface area contributed by atoms with E-state index in [0.29, 0.717) is 42.1 Å². The van der Waals surface area contributed by atoms with Crippen LogP contribution in [-0.4, -0.2) is 80.2 Å². The van der Waals surface area contributed by atoms with Crippen LogP contribution in [-0.2, 0) is 52.0 Å². The molecule has 3 aromatic carbocycles. The Labute approximate surface area is 422 Å². The van der Waals surface area contributed by atoms with Crippen LogP contribution in [0.4, 0.5) is 32.2 Å². The van der Waals surface area contributed by atoms with Gasteiger partial charge < -0.3 is 29.5 Å². The molecule has 72 heavy (non-hydrogen) atoms. The maximum atomic E-state index is 14.1. The standard InChI is InChI=1S/C49H61F6N4O10PS2/c1-31(2)67-43(63)32(3)58-70(65,69-37-10-8-7-9-11-37)66-27-39-42(62)47(6,30-60)44(68-39)59-24-21-40(57-45(59)64)56-41(61)26-46(4,5)23-20-38(72-29-34-14-18-36(19-15-34)49(53,54)55)22-25-71-28-33-12-16-35(17-13-33)48(50,51)52/h7-19,21,24,31-32,38-39,42,44,60,62H,20,22-23,25-30H2,1-6H3,(H,58,65)(H,56,57,61,64)/t32-,38+,39+,42?,44+,47?,70?/m0/s1. The average Bonchev–Trinajstić information content (AvgIpc) is 3.55. The molecule has 4 aromatic rings. The van der Waals surface area contributed by atoms with Gasteiger partial charge in [0.2, 0.25) is 5.91 Å². The van der Waals surface area contributed by atoms with Gasteiger partial charge in [-0.2, -0.15) is 59.9 Å². The van der Waals surface area contributed by atoms with Gasteiger partial charge in [-0.1, -0.05) is 63.2 Å². The fraction of sp³-hybridized carbons (Fsp3) is 0.510. The molecule has 396 valence electrons. The number of carbonyl (C=O) groups excluding carboxylic acids is 2. The summed E-state index contributed by atoms with van der Waals surface area (Å²) in [7, 11) is -4.39. The van der Waals surface area contributed by atoms with Gasteiger partial charge in [0, 0.05) is 29.4 Å². The van der Waals surface area contributed by atoms with Gasteiger partial charge in [0.25, 0.3) is 0 Å². The van der Waals surface area contributed by atoms with Gasteiger partial charge in [-0.3, -0.25) is 18.7 Å². The SMILES string of the molecule is CC(C)OC(=O)[C@H](C)NP(=O)(OC[C@H]1O[C@@H](n2ccc(NC(=O)CC(C)(C)CC[C@H](CCSCc3ccc(C(F)(F)F)cc3)SCc3ccc(C(F)(F)F)cc3)nc2=O)C(C)(CO)C1O)Oc1ccccc1. The number of anilines is 1. The molecule has 1 aliphatic rings. The Morgan fingerprint density at radius 3 is 2.06 bits per heavy atom. The fourth-order valence-electron chi connectivity index (χ4n) is 7.59. The molecular weight excluding hydrogens is 1010 g/mol. The molecule has 1 aromatic heterocycles. The predicted octanol–water partition coefficient (Wildman–Crippen LogP) is 10.4. The molecule has 0 saturated carbocycles. The Morgan fingerprint density at radius 2 is 1.50 bits per heavy atom. The van der Waals surface area contributed by atoms with Crippen molar-refractivity contribution in [2.45, 2.75) is 127 Å². The first-order chi connectivity index (χ1) is 33.7. The van der Waals surface area contributed by atoms with Crippen LogP contribution >= 0.6 is 31.3 Å². The number of benzene rings is 3. The highest BCUT2D eigenvalue weighted by Crippen LogP contribution is 2.49. The molecule has 3 unspecified atom stereocenters. The van der Waals surface area contributed by atoms with E-state index in [1.807, 2.05) is 13.8 Å². The monoisotopic (exact) mass is 1070 g/mol. The molecule has 1 saturated heterocycles. The van der Waals surface area contributed by atoms with Gasteiger partial charge in [0.1, 0.15) is 29.9 Å². The molecule has 1 fully saturated rings. The molecule has 7 atom stereocenters. The quantitative estimate of drug-likeness (QED) is 0.0212. The number of hydrogen-bond donors (Lipinski definition) is 4. The number of rotatable bonds is 25. The van der Waals surface area contributed by atoms with E-state index in [0.717, 1.165) is 34.4 Å². The smallest absolute Gasteiger partial charge is 0.459 e. The lowest BCUT2D eigenvalue weighted by Gasteiger charge is -2.31. The van der Waals surface area contributed by atoms with Crippen molar-refractivity contribution in [2.75, 3.05) is 24.3 Å². The minimum Gasteiger partial charge on any atom is -0.462 e. The first kappa shape index (κ1) is 58.5. The van der Waals surface area contributed by atoms with E-state index in [1.54, 1.807) is 55.6 Å². The molecule has 2 heterocycles. The van der Waals surface area contributed by atoms with Gasteiger partial charge >= 0.3 is 31.8 Å². The molecule has 14 nitrogen and oxygen atoms in total. The number of nitrogens with one attached hydrogen (secondary N) is 2. The van der Waals surface area contributed by atoms with Crippen LogP contribution in [0.5, 0.6) is 5.75 Å². The van der Waals surface area contributed by atoms with Crippen molar-refractivity contribution in [3.63, 3.8) is 0 Å². The molecule has 1 aliphatic heterocycles. The number of hydrogen-bond acceptors (Lipinski definition) is 13.